The molecule has 0 amide bonds. The molecule has 0 aliphatic carbocycles. The van der Waals surface area contributed by atoms with Gasteiger partial charge in [0.1, 0.15) is 5.82 Å². The molecule has 2 aromatic carbocycles. The van der Waals surface area contributed by atoms with Gasteiger partial charge in [0.15, 0.2) is 5.82 Å². The zero-order valence-electron chi connectivity index (χ0n) is 9.27. The first kappa shape index (κ1) is 11.1. The monoisotopic (exact) mass is 258 g/mol. The summed E-state index contributed by atoms with van der Waals surface area (Å²) in [6.45, 7) is 0. The van der Waals surface area contributed by atoms with E-state index in [2.05, 4.69) is 9.97 Å². The molecule has 1 aromatic heterocycles. The van der Waals surface area contributed by atoms with Crippen molar-refractivity contribution in [3.63, 3.8) is 0 Å². The Hall–Kier alpha value is -2.00. The maximum atomic E-state index is 13.5. The normalized spacial score (nSPS) is 10.8. The van der Waals surface area contributed by atoms with Crippen molar-refractivity contribution >= 4 is 22.5 Å². The Bertz CT molecular complexity index is 711. The Morgan fingerprint density at radius 2 is 1.78 bits per heavy atom. The van der Waals surface area contributed by atoms with Crippen LogP contribution in [0.25, 0.3) is 22.3 Å². The van der Waals surface area contributed by atoms with Crippen LogP contribution in [0.3, 0.4) is 0 Å². The van der Waals surface area contributed by atoms with E-state index in [1.54, 1.807) is 24.3 Å². The molecule has 4 heteroatoms. The number of aromatic nitrogens is 2. The maximum Gasteiger partial charge on any atom is 0.159 e. The fourth-order valence-corrected chi connectivity index (χ4v) is 1.88. The summed E-state index contributed by atoms with van der Waals surface area (Å²) < 4.78 is 13.5. The van der Waals surface area contributed by atoms with Crippen LogP contribution in [0.4, 0.5) is 4.39 Å². The predicted molar refractivity (Wildman–Crippen MR) is 69.9 cm³/mol. The molecule has 0 fully saturated rings. The summed E-state index contributed by atoms with van der Waals surface area (Å²) in [5.41, 5.74) is 1.44. The van der Waals surface area contributed by atoms with Crippen LogP contribution in [0.5, 0.6) is 0 Å². The molecule has 0 N–H and O–H groups in total. The van der Waals surface area contributed by atoms with E-state index in [-0.39, 0.29) is 5.82 Å². The van der Waals surface area contributed by atoms with E-state index >= 15 is 0 Å². The first-order valence-corrected chi connectivity index (χ1v) is 5.79. The van der Waals surface area contributed by atoms with Crippen molar-refractivity contribution in [1.82, 2.24) is 9.97 Å². The summed E-state index contributed by atoms with van der Waals surface area (Å²) >= 11 is 5.82. The molecule has 0 saturated heterocycles. The number of benzene rings is 2. The van der Waals surface area contributed by atoms with Crippen LogP contribution in [0, 0.1) is 5.82 Å². The Balaban J connectivity index is 2.16. The molecule has 0 unspecified atom stereocenters. The van der Waals surface area contributed by atoms with Crippen LogP contribution in [0.15, 0.2) is 48.7 Å². The Kier molecular flexibility index (Phi) is 2.68. The van der Waals surface area contributed by atoms with Gasteiger partial charge in [-0.25, -0.2) is 14.4 Å². The van der Waals surface area contributed by atoms with Crippen LogP contribution >= 0.6 is 11.6 Å². The third kappa shape index (κ3) is 1.93. The zero-order valence-corrected chi connectivity index (χ0v) is 10.0. The fraction of sp³-hybridized carbons (Fsp3) is 0. The van der Waals surface area contributed by atoms with E-state index in [1.165, 1.54) is 12.3 Å². The zero-order chi connectivity index (χ0) is 12.5. The highest BCUT2D eigenvalue weighted by molar-refractivity contribution is 6.30. The van der Waals surface area contributed by atoms with Gasteiger partial charge in [-0.05, 0) is 36.4 Å². The third-order valence-electron chi connectivity index (χ3n) is 2.67. The summed E-state index contributed by atoms with van der Waals surface area (Å²) in [6.07, 6.45) is 1.50. The second-order valence-corrected chi connectivity index (χ2v) is 4.31. The molecule has 2 nitrogen and oxygen atoms in total. The quantitative estimate of drug-likeness (QED) is 0.657. The van der Waals surface area contributed by atoms with Gasteiger partial charge in [-0.3, -0.25) is 0 Å². The molecule has 0 spiro atoms. The second kappa shape index (κ2) is 4.35. The van der Waals surface area contributed by atoms with Crippen molar-refractivity contribution in [2.75, 3.05) is 0 Å². The van der Waals surface area contributed by atoms with Crippen molar-refractivity contribution in [2.45, 2.75) is 0 Å². The van der Waals surface area contributed by atoms with Gasteiger partial charge in [0.2, 0.25) is 0 Å². The van der Waals surface area contributed by atoms with Gasteiger partial charge >= 0.3 is 0 Å². The summed E-state index contributed by atoms with van der Waals surface area (Å²) in [5.74, 6) is 0.250. The van der Waals surface area contributed by atoms with Gasteiger partial charge in [0, 0.05) is 16.8 Å². The molecule has 18 heavy (non-hydrogen) atoms. The molecule has 0 aliphatic rings. The van der Waals surface area contributed by atoms with Crippen molar-refractivity contribution in [3.8, 4) is 11.4 Å². The fourth-order valence-electron chi connectivity index (χ4n) is 1.76. The first-order chi connectivity index (χ1) is 8.74. The predicted octanol–water partition coefficient (Wildman–Crippen LogP) is 4.09. The van der Waals surface area contributed by atoms with E-state index in [1.807, 2.05) is 12.1 Å². The maximum absolute atomic E-state index is 13.5. The van der Waals surface area contributed by atoms with Crippen molar-refractivity contribution in [3.05, 3.63) is 59.5 Å². The van der Waals surface area contributed by atoms with Gasteiger partial charge in [-0.15, -0.1) is 0 Å². The average molecular weight is 259 g/mol. The second-order valence-electron chi connectivity index (χ2n) is 3.87. The van der Waals surface area contributed by atoms with E-state index < -0.39 is 0 Å². The molecule has 3 rings (SSSR count). The molecule has 0 saturated carbocycles. The molecule has 0 aliphatic heterocycles. The van der Waals surface area contributed by atoms with Crippen LogP contribution in [0.1, 0.15) is 0 Å². The highest BCUT2D eigenvalue weighted by Crippen LogP contribution is 2.21. The minimum Gasteiger partial charge on any atom is -0.236 e. The van der Waals surface area contributed by atoms with Crippen LogP contribution in [-0.2, 0) is 0 Å². The lowest BCUT2D eigenvalue weighted by Crippen LogP contribution is -1.91. The molecule has 0 atom stereocenters. The molecule has 1 heterocycles. The lowest BCUT2D eigenvalue weighted by atomic mass is 10.2. The molecule has 0 bridgehead atoms. The van der Waals surface area contributed by atoms with Crippen molar-refractivity contribution < 1.29 is 4.39 Å². The number of nitrogens with zero attached hydrogens (tertiary/aromatic N) is 2. The summed E-state index contributed by atoms with van der Waals surface area (Å²) in [6, 6.07) is 12.0. The minimum atomic E-state index is -0.310. The van der Waals surface area contributed by atoms with Gasteiger partial charge < -0.3 is 0 Å². The standard InChI is InChI=1S/C14H8ClFN2/c15-10-6-4-9(5-7-10)14-17-8-11-12(16)2-1-3-13(11)18-14/h1-8H. The Morgan fingerprint density at radius 3 is 2.56 bits per heavy atom. The molecular weight excluding hydrogens is 251 g/mol. The highest BCUT2D eigenvalue weighted by atomic mass is 35.5. The molecular formula is C14H8ClFN2. The number of rotatable bonds is 1. The van der Waals surface area contributed by atoms with Gasteiger partial charge in [0.25, 0.3) is 0 Å². The summed E-state index contributed by atoms with van der Waals surface area (Å²) in [7, 11) is 0. The topological polar surface area (TPSA) is 25.8 Å². The van der Waals surface area contributed by atoms with E-state index in [4.69, 9.17) is 11.6 Å². The summed E-state index contributed by atoms with van der Waals surface area (Å²) in [5, 5.41) is 1.08. The molecule has 0 radical (unpaired) electrons. The lowest BCUT2D eigenvalue weighted by Gasteiger charge is -2.03. The van der Waals surface area contributed by atoms with Gasteiger partial charge in [-0.2, -0.15) is 0 Å². The summed E-state index contributed by atoms with van der Waals surface area (Å²) in [4.78, 5) is 8.52. The van der Waals surface area contributed by atoms with Crippen molar-refractivity contribution in [1.29, 1.82) is 0 Å². The average Bonchev–Trinajstić information content (AvgIpc) is 2.39. The highest BCUT2D eigenvalue weighted by Gasteiger charge is 2.05. The SMILES string of the molecule is Fc1cccc2nc(-c3ccc(Cl)cc3)ncc12. The Labute approximate surface area is 108 Å². The van der Waals surface area contributed by atoms with Crippen LogP contribution in [-0.4, -0.2) is 9.97 Å². The number of hydrogen-bond donors (Lipinski definition) is 0. The Morgan fingerprint density at radius 1 is 1.00 bits per heavy atom. The number of halogens is 2. The molecule has 3 aromatic rings. The van der Waals surface area contributed by atoms with Gasteiger partial charge in [0.05, 0.1) is 10.9 Å². The van der Waals surface area contributed by atoms with Crippen LogP contribution < -0.4 is 0 Å². The number of hydrogen-bond acceptors (Lipinski definition) is 2. The first-order valence-electron chi connectivity index (χ1n) is 5.41. The van der Waals surface area contributed by atoms with E-state index in [0.717, 1.165) is 5.56 Å². The van der Waals surface area contributed by atoms with Crippen molar-refractivity contribution in [2.24, 2.45) is 0 Å². The smallest absolute Gasteiger partial charge is 0.159 e. The lowest BCUT2D eigenvalue weighted by molar-refractivity contribution is 0.639. The van der Waals surface area contributed by atoms with E-state index in [9.17, 15) is 4.39 Å². The third-order valence-corrected chi connectivity index (χ3v) is 2.93. The van der Waals surface area contributed by atoms with Crippen LogP contribution in [0.2, 0.25) is 5.02 Å². The van der Waals surface area contributed by atoms with E-state index in [0.29, 0.717) is 21.7 Å². The minimum absolute atomic E-state index is 0.310. The largest absolute Gasteiger partial charge is 0.236 e. The molecule has 88 valence electrons. The van der Waals surface area contributed by atoms with Gasteiger partial charge in [-0.1, -0.05) is 17.7 Å². The number of fused-ring (bicyclic) bond motifs is 1.